The zero-order valence-corrected chi connectivity index (χ0v) is 15.7. The van der Waals surface area contributed by atoms with Crippen LogP contribution >= 0.6 is 0 Å². The number of hydrogen-bond donors (Lipinski definition) is 3. The van der Waals surface area contributed by atoms with Crippen molar-refractivity contribution in [2.24, 2.45) is 0 Å². The average Bonchev–Trinajstić information content (AvgIpc) is 2.71. The summed E-state index contributed by atoms with van der Waals surface area (Å²) in [7, 11) is 0. The molecule has 0 saturated carbocycles. The number of halogens is 2. The molecule has 0 unspecified atom stereocenters. The molecule has 2 aromatic carbocycles. The van der Waals surface area contributed by atoms with Crippen molar-refractivity contribution in [2.45, 2.75) is 19.0 Å². The van der Waals surface area contributed by atoms with Crippen LogP contribution in [0, 0.1) is 11.6 Å². The molecule has 2 heterocycles. The van der Waals surface area contributed by atoms with Gasteiger partial charge in [-0.25, -0.2) is 8.78 Å². The first-order chi connectivity index (χ1) is 14.0. The number of aliphatic hydroxyl groups is 1. The lowest BCUT2D eigenvalue weighted by Gasteiger charge is -2.27. The molecule has 2 atom stereocenters. The molecule has 0 fully saturated rings. The van der Waals surface area contributed by atoms with Crippen LogP contribution in [-0.4, -0.2) is 33.8 Å². The Labute approximate surface area is 166 Å². The molecule has 148 valence electrons. The molecule has 4 aromatic rings. The second-order valence-corrected chi connectivity index (χ2v) is 6.91. The number of aromatic nitrogens is 2. The average molecular weight is 394 g/mol. The molecule has 0 bridgehead atoms. The predicted octanol–water partition coefficient (Wildman–Crippen LogP) is 4.33. The number of anilines is 2. The summed E-state index contributed by atoms with van der Waals surface area (Å²) < 4.78 is 27.0. The Hall–Kier alpha value is -3.32. The van der Waals surface area contributed by atoms with Crippen molar-refractivity contribution in [1.29, 1.82) is 0 Å². The Kier molecular flexibility index (Phi) is 5.22. The van der Waals surface area contributed by atoms with Crippen molar-refractivity contribution in [1.82, 2.24) is 9.97 Å². The quantitative estimate of drug-likeness (QED) is 0.454. The van der Waals surface area contributed by atoms with E-state index in [1.807, 2.05) is 13.0 Å². The summed E-state index contributed by atoms with van der Waals surface area (Å²) in [5.74, 6) is -0.692. The van der Waals surface area contributed by atoms with Crippen LogP contribution in [0.2, 0.25) is 0 Å². The number of fused-ring (bicyclic) bond motifs is 2. The van der Waals surface area contributed by atoms with E-state index in [1.165, 1.54) is 24.3 Å². The van der Waals surface area contributed by atoms with E-state index in [9.17, 15) is 13.9 Å². The molecule has 0 amide bonds. The maximum Gasteiger partial charge on any atom is 0.125 e. The van der Waals surface area contributed by atoms with Gasteiger partial charge < -0.3 is 15.7 Å². The van der Waals surface area contributed by atoms with Gasteiger partial charge in [0.05, 0.1) is 23.7 Å². The molecule has 3 N–H and O–H groups in total. The van der Waals surface area contributed by atoms with Gasteiger partial charge in [0.1, 0.15) is 11.6 Å². The molecule has 0 aliphatic heterocycles. The van der Waals surface area contributed by atoms with E-state index >= 15 is 0 Å². The van der Waals surface area contributed by atoms with Gasteiger partial charge in [-0.05, 0) is 43.3 Å². The van der Waals surface area contributed by atoms with Gasteiger partial charge in [-0.2, -0.15) is 0 Å². The van der Waals surface area contributed by atoms with Crippen molar-refractivity contribution in [3.8, 4) is 0 Å². The molecule has 0 radical (unpaired) electrons. The highest BCUT2D eigenvalue weighted by molar-refractivity contribution is 5.92. The lowest BCUT2D eigenvalue weighted by Crippen LogP contribution is -2.40. The molecular weight excluding hydrogens is 374 g/mol. The zero-order chi connectivity index (χ0) is 20.4. The highest BCUT2D eigenvalue weighted by Gasteiger charge is 2.18. The van der Waals surface area contributed by atoms with Crippen molar-refractivity contribution < 1.29 is 13.9 Å². The van der Waals surface area contributed by atoms with Crippen molar-refractivity contribution in [2.75, 3.05) is 17.2 Å². The highest BCUT2D eigenvalue weighted by atomic mass is 19.1. The summed E-state index contributed by atoms with van der Waals surface area (Å²) in [6.45, 7) is 1.81. The third-order valence-corrected chi connectivity index (χ3v) is 4.93. The van der Waals surface area contributed by atoms with E-state index in [-0.39, 0.29) is 30.3 Å². The van der Waals surface area contributed by atoms with Gasteiger partial charge in [0.2, 0.25) is 0 Å². The molecule has 5 nitrogen and oxygen atoms in total. The first kappa shape index (κ1) is 19.0. The van der Waals surface area contributed by atoms with Gasteiger partial charge in [0.15, 0.2) is 0 Å². The summed E-state index contributed by atoms with van der Waals surface area (Å²) in [5.41, 5.74) is 2.64. The minimum absolute atomic E-state index is 0.128. The van der Waals surface area contributed by atoms with E-state index in [2.05, 4.69) is 20.6 Å². The molecule has 0 saturated heterocycles. The second kappa shape index (κ2) is 7.97. The summed E-state index contributed by atoms with van der Waals surface area (Å²) in [6, 6.07) is 12.0. The summed E-state index contributed by atoms with van der Waals surface area (Å²) >= 11 is 0. The smallest absolute Gasteiger partial charge is 0.125 e. The fourth-order valence-corrected chi connectivity index (χ4v) is 3.37. The van der Waals surface area contributed by atoms with Crippen LogP contribution in [0.1, 0.15) is 6.92 Å². The summed E-state index contributed by atoms with van der Waals surface area (Å²) in [6.07, 6.45) is 3.21. The molecule has 2 aromatic heterocycles. The van der Waals surface area contributed by atoms with Crippen LogP contribution in [0.15, 0.2) is 60.9 Å². The SMILES string of the molecule is C[C@H](Nc1ccnc2cc(F)ccc12)[C@H](CO)Nc1ccnc2cc(F)ccc12. The monoisotopic (exact) mass is 394 g/mol. The standard InChI is InChI=1S/C22H20F2N4O/c1-13(27-18-6-8-25-20-10-14(23)2-4-16(18)20)22(12-29)28-19-7-9-26-21-11-15(24)3-5-17(19)21/h2-11,13,22,29H,12H2,1H3,(H,25,27)(H,26,28)/t13-,22-/m0/s1. The van der Waals surface area contributed by atoms with Crippen LogP contribution in [-0.2, 0) is 0 Å². The third-order valence-electron chi connectivity index (χ3n) is 4.93. The number of nitrogens with zero attached hydrogens (tertiary/aromatic N) is 2. The minimum atomic E-state index is -0.350. The van der Waals surface area contributed by atoms with Gasteiger partial charge >= 0.3 is 0 Å². The molecule has 0 aliphatic rings. The van der Waals surface area contributed by atoms with Crippen molar-refractivity contribution in [3.05, 3.63) is 72.6 Å². The first-order valence-electron chi connectivity index (χ1n) is 9.27. The highest BCUT2D eigenvalue weighted by Crippen LogP contribution is 2.26. The Balaban J connectivity index is 1.59. The molecule has 0 spiro atoms. The van der Waals surface area contributed by atoms with Gasteiger partial charge in [0.25, 0.3) is 0 Å². The van der Waals surface area contributed by atoms with Crippen LogP contribution in [0.4, 0.5) is 20.2 Å². The lowest BCUT2D eigenvalue weighted by molar-refractivity contribution is 0.266. The summed E-state index contributed by atoms with van der Waals surface area (Å²) in [4.78, 5) is 8.40. The topological polar surface area (TPSA) is 70.1 Å². The molecule has 4 rings (SSSR count). The lowest BCUT2D eigenvalue weighted by atomic mass is 10.1. The Morgan fingerprint density at radius 2 is 1.34 bits per heavy atom. The Morgan fingerprint density at radius 3 is 1.86 bits per heavy atom. The van der Waals surface area contributed by atoms with Crippen LogP contribution < -0.4 is 10.6 Å². The number of rotatable bonds is 6. The maximum absolute atomic E-state index is 13.5. The fraction of sp³-hybridized carbons (Fsp3) is 0.182. The van der Waals surface area contributed by atoms with Gasteiger partial charge in [-0.1, -0.05) is 0 Å². The molecule has 29 heavy (non-hydrogen) atoms. The van der Waals surface area contributed by atoms with E-state index in [4.69, 9.17) is 0 Å². The third kappa shape index (κ3) is 3.95. The zero-order valence-electron chi connectivity index (χ0n) is 15.7. The van der Waals surface area contributed by atoms with Gasteiger partial charge in [-0.3, -0.25) is 9.97 Å². The van der Waals surface area contributed by atoms with Crippen LogP contribution in [0.5, 0.6) is 0 Å². The summed E-state index contributed by atoms with van der Waals surface area (Å²) in [5, 5.41) is 18.2. The predicted molar refractivity (Wildman–Crippen MR) is 111 cm³/mol. The van der Waals surface area contributed by atoms with Crippen molar-refractivity contribution >= 4 is 33.2 Å². The van der Waals surface area contributed by atoms with Gasteiger partial charge in [0, 0.05) is 52.7 Å². The Morgan fingerprint density at radius 1 is 0.828 bits per heavy atom. The fourth-order valence-electron chi connectivity index (χ4n) is 3.37. The largest absolute Gasteiger partial charge is 0.394 e. The van der Waals surface area contributed by atoms with Crippen LogP contribution in [0.3, 0.4) is 0 Å². The maximum atomic E-state index is 13.5. The number of pyridine rings is 2. The molecular formula is C22H20F2N4O. The van der Waals surface area contributed by atoms with E-state index in [1.54, 1.807) is 30.6 Å². The van der Waals surface area contributed by atoms with Crippen molar-refractivity contribution in [3.63, 3.8) is 0 Å². The normalized spacial score (nSPS) is 13.4. The van der Waals surface area contributed by atoms with Crippen LogP contribution in [0.25, 0.3) is 21.8 Å². The molecule has 0 aliphatic carbocycles. The number of nitrogens with one attached hydrogen (secondary N) is 2. The number of aliphatic hydroxyl groups excluding tert-OH is 1. The van der Waals surface area contributed by atoms with E-state index in [0.717, 1.165) is 22.1 Å². The molecule has 7 heteroatoms. The number of benzene rings is 2. The van der Waals surface area contributed by atoms with E-state index < -0.39 is 0 Å². The van der Waals surface area contributed by atoms with E-state index in [0.29, 0.717) is 11.0 Å². The number of hydrogen-bond acceptors (Lipinski definition) is 5. The first-order valence-corrected chi connectivity index (χ1v) is 9.27. The van der Waals surface area contributed by atoms with Gasteiger partial charge in [-0.15, -0.1) is 0 Å². The Bertz CT molecular complexity index is 1170. The minimum Gasteiger partial charge on any atom is -0.394 e. The second-order valence-electron chi connectivity index (χ2n) is 6.91.